The average molecular weight is 209 g/mol. The van der Waals surface area contributed by atoms with E-state index in [4.69, 9.17) is 9.84 Å². The fraction of sp³-hybridized carbons (Fsp3) is 0.500. The minimum atomic E-state index is -0.277. The molecular formula is C12H19NO2. The van der Waals surface area contributed by atoms with Gasteiger partial charge in [0.1, 0.15) is 5.75 Å². The van der Waals surface area contributed by atoms with Crippen LogP contribution in [0.15, 0.2) is 24.3 Å². The highest BCUT2D eigenvalue weighted by Gasteiger charge is 1.96. The van der Waals surface area contributed by atoms with Gasteiger partial charge in [0.25, 0.3) is 0 Å². The Kier molecular flexibility index (Phi) is 5.15. The Hall–Kier alpha value is -1.06. The summed E-state index contributed by atoms with van der Waals surface area (Å²) in [5.41, 5.74) is 1.27. The van der Waals surface area contributed by atoms with E-state index in [1.165, 1.54) is 5.56 Å². The first-order chi connectivity index (χ1) is 7.22. The molecule has 0 saturated carbocycles. The molecule has 1 rings (SSSR count). The maximum atomic E-state index is 9.04. The molecule has 2 N–H and O–H groups in total. The summed E-state index contributed by atoms with van der Waals surface area (Å²) in [6.07, 6.45) is 0.692. The van der Waals surface area contributed by atoms with E-state index in [-0.39, 0.29) is 6.10 Å². The van der Waals surface area contributed by atoms with Crippen LogP contribution in [0.3, 0.4) is 0 Å². The van der Waals surface area contributed by atoms with E-state index in [9.17, 15) is 0 Å². The summed E-state index contributed by atoms with van der Waals surface area (Å²) >= 11 is 0. The van der Waals surface area contributed by atoms with Gasteiger partial charge in [-0.15, -0.1) is 0 Å². The van der Waals surface area contributed by atoms with Crippen LogP contribution in [0.1, 0.15) is 12.5 Å². The Morgan fingerprint density at radius 2 is 2.00 bits per heavy atom. The van der Waals surface area contributed by atoms with Crippen molar-refractivity contribution < 1.29 is 9.84 Å². The molecule has 0 aromatic heterocycles. The summed E-state index contributed by atoms with van der Waals surface area (Å²) in [6.45, 7) is 3.31. The molecule has 1 aromatic rings. The van der Waals surface area contributed by atoms with E-state index < -0.39 is 0 Å². The van der Waals surface area contributed by atoms with Crippen molar-refractivity contribution in [2.75, 3.05) is 20.2 Å². The molecule has 0 amide bonds. The molecule has 3 nitrogen and oxygen atoms in total. The zero-order chi connectivity index (χ0) is 11.1. The van der Waals surface area contributed by atoms with Crippen molar-refractivity contribution in [2.24, 2.45) is 0 Å². The zero-order valence-corrected chi connectivity index (χ0v) is 9.36. The van der Waals surface area contributed by atoms with Crippen molar-refractivity contribution in [1.82, 2.24) is 5.32 Å². The number of methoxy groups -OCH3 is 1. The molecule has 0 unspecified atom stereocenters. The lowest BCUT2D eigenvalue weighted by molar-refractivity contribution is 0.191. The lowest BCUT2D eigenvalue weighted by atomic mass is 10.1. The van der Waals surface area contributed by atoms with E-state index >= 15 is 0 Å². The predicted molar refractivity (Wildman–Crippen MR) is 61.2 cm³/mol. The molecule has 1 atom stereocenters. The topological polar surface area (TPSA) is 41.5 Å². The molecule has 15 heavy (non-hydrogen) atoms. The molecule has 1 aromatic carbocycles. The van der Waals surface area contributed by atoms with Crippen molar-refractivity contribution in [3.05, 3.63) is 29.8 Å². The fourth-order valence-electron chi connectivity index (χ4n) is 1.34. The molecule has 3 heteroatoms. The Bertz CT molecular complexity index is 269. The van der Waals surface area contributed by atoms with Crippen LogP contribution in [0.2, 0.25) is 0 Å². The highest BCUT2D eigenvalue weighted by Crippen LogP contribution is 2.11. The van der Waals surface area contributed by atoms with E-state index in [1.807, 2.05) is 12.1 Å². The van der Waals surface area contributed by atoms with Gasteiger partial charge >= 0.3 is 0 Å². The normalized spacial score (nSPS) is 12.5. The van der Waals surface area contributed by atoms with Gasteiger partial charge in [-0.05, 0) is 37.6 Å². The molecular weight excluding hydrogens is 190 g/mol. The second kappa shape index (κ2) is 6.43. The predicted octanol–water partition coefficient (Wildman–Crippen LogP) is 1.21. The third-order valence-corrected chi connectivity index (χ3v) is 2.19. The van der Waals surface area contributed by atoms with Crippen LogP contribution in [0.5, 0.6) is 5.75 Å². The largest absolute Gasteiger partial charge is 0.497 e. The summed E-state index contributed by atoms with van der Waals surface area (Å²) in [5, 5.41) is 12.2. The van der Waals surface area contributed by atoms with Crippen molar-refractivity contribution >= 4 is 0 Å². The van der Waals surface area contributed by atoms with Gasteiger partial charge in [0, 0.05) is 6.54 Å². The minimum Gasteiger partial charge on any atom is -0.497 e. The van der Waals surface area contributed by atoms with Crippen LogP contribution >= 0.6 is 0 Å². The number of nitrogens with one attached hydrogen (secondary N) is 1. The maximum absolute atomic E-state index is 9.04. The van der Waals surface area contributed by atoms with Crippen molar-refractivity contribution in [3.8, 4) is 5.75 Å². The third-order valence-electron chi connectivity index (χ3n) is 2.19. The summed E-state index contributed by atoms with van der Waals surface area (Å²) in [4.78, 5) is 0. The van der Waals surface area contributed by atoms with Gasteiger partial charge in [-0.1, -0.05) is 12.1 Å². The van der Waals surface area contributed by atoms with Crippen molar-refractivity contribution in [1.29, 1.82) is 0 Å². The van der Waals surface area contributed by atoms with Crippen LogP contribution < -0.4 is 10.1 Å². The highest BCUT2D eigenvalue weighted by atomic mass is 16.5. The van der Waals surface area contributed by atoms with Gasteiger partial charge in [0.15, 0.2) is 0 Å². The quantitative estimate of drug-likeness (QED) is 0.692. The van der Waals surface area contributed by atoms with Gasteiger partial charge in [0.05, 0.1) is 13.2 Å². The molecule has 0 bridgehead atoms. The van der Waals surface area contributed by atoms with Gasteiger partial charge in [0.2, 0.25) is 0 Å². The summed E-state index contributed by atoms with van der Waals surface area (Å²) in [7, 11) is 1.67. The Balaban J connectivity index is 2.25. The van der Waals surface area contributed by atoms with Crippen molar-refractivity contribution in [3.63, 3.8) is 0 Å². The number of hydrogen-bond acceptors (Lipinski definition) is 3. The highest BCUT2D eigenvalue weighted by molar-refractivity contribution is 5.27. The lowest BCUT2D eigenvalue weighted by Gasteiger charge is -2.07. The second-order valence-electron chi connectivity index (χ2n) is 3.65. The van der Waals surface area contributed by atoms with Crippen LogP contribution in [0, 0.1) is 0 Å². The van der Waals surface area contributed by atoms with Crippen LogP contribution in [-0.4, -0.2) is 31.4 Å². The van der Waals surface area contributed by atoms with E-state index in [0.717, 1.165) is 18.7 Å². The molecule has 0 aliphatic carbocycles. The van der Waals surface area contributed by atoms with E-state index in [2.05, 4.69) is 17.4 Å². The molecule has 0 fully saturated rings. The van der Waals surface area contributed by atoms with E-state index in [0.29, 0.717) is 6.54 Å². The number of hydrogen-bond donors (Lipinski definition) is 2. The molecule has 0 saturated heterocycles. The van der Waals surface area contributed by atoms with Gasteiger partial charge in [-0.2, -0.15) is 0 Å². The first-order valence-electron chi connectivity index (χ1n) is 5.24. The van der Waals surface area contributed by atoms with Gasteiger partial charge in [-0.3, -0.25) is 0 Å². The molecule has 0 heterocycles. The number of rotatable bonds is 6. The Labute approximate surface area is 91.1 Å². The summed E-state index contributed by atoms with van der Waals surface area (Å²) in [5.74, 6) is 0.885. The smallest absolute Gasteiger partial charge is 0.118 e. The lowest BCUT2D eigenvalue weighted by Crippen LogP contribution is -2.26. The first-order valence-corrected chi connectivity index (χ1v) is 5.24. The molecule has 0 radical (unpaired) electrons. The Morgan fingerprint density at radius 3 is 2.53 bits per heavy atom. The monoisotopic (exact) mass is 209 g/mol. The van der Waals surface area contributed by atoms with Gasteiger partial charge < -0.3 is 15.2 Å². The Morgan fingerprint density at radius 1 is 1.33 bits per heavy atom. The molecule has 0 spiro atoms. The number of aliphatic hydroxyl groups excluding tert-OH is 1. The van der Waals surface area contributed by atoms with Crippen LogP contribution in [0.4, 0.5) is 0 Å². The summed E-state index contributed by atoms with van der Waals surface area (Å²) in [6, 6.07) is 8.04. The fourth-order valence-corrected chi connectivity index (χ4v) is 1.34. The minimum absolute atomic E-state index is 0.277. The third kappa shape index (κ3) is 4.81. The van der Waals surface area contributed by atoms with Gasteiger partial charge in [-0.25, -0.2) is 0 Å². The molecule has 0 aliphatic heterocycles. The second-order valence-corrected chi connectivity index (χ2v) is 3.65. The summed E-state index contributed by atoms with van der Waals surface area (Å²) < 4.78 is 5.08. The first kappa shape index (κ1) is 12.0. The molecule has 84 valence electrons. The number of ether oxygens (including phenoxy) is 1. The van der Waals surface area contributed by atoms with Crippen molar-refractivity contribution in [2.45, 2.75) is 19.4 Å². The van der Waals surface area contributed by atoms with Crippen LogP contribution in [0.25, 0.3) is 0 Å². The average Bonchev–Trinajstić information content (AvgIpc) is 2.25. The molecule has 0 aliphatic rings. The van der Waals surface area contributed by atoms with E-state index in [1.54, 1.807) is 14.0 Å². The maximum Gasteiger partial charge on any atom is 0.118 e. The number of aliphatic hydroxyl groups is 1. The number of benzene rings is 1. The van der Waals surface area contributed by atoms with Crippen LogP contribution in [-0.2, 0) is 6.42 Å². The standard InChI is InChI=1S/C12H19NO2/c1-10(14)9-13-8-7-11-3-5-12(15-2)6-4-11/h3-6,10,13-14H,7-9H2,1-2H3/t10-/m0/s1. The SMILES string of the molecule is COc1ccc(CCNC[C@H](C)O)cc1. The zero-order valence-electron chi connectivity index (χ0n) is 9.36.